The molecule has 1 unspecified atom stereocenters. The molecule has 0 spiro atoms. The van der Waals surface area contributed by atoms with Gasteiger partial charge in [-0.15, -0.1) is 0 Å². The average Bonchev–Trinajstić information content (AvgIpc) is 3.10. The number of nitrogens with one attached hydrogen (secondary N) is 1. The molecule has 2 aromatic rings. The fourth-order valence-corrected chi connectivity index (χ4v) is 3.07. The van der Waals surface area contributed by atoms with Crippen molar-refractivity contribution >= 4 is 11.8 Å². The smallest absolute Gasteiger partial charge is 0.225 e. The molecule has 126 valence electrons. The Balaban J connectivity index is 1.55. The van der Waals surface area contributed by atoms with E-state index in [1.165, 1.54) is 0 Å². The van der Waals surface area contributed by atoms with Gasteiger partial charge in [0, 0.05) is 37.9 Å². The highest BCUT2D eigenvalue weighted by Crippen LogP contribution is 2.20. The van der Waals surface area contributed by atoms with Crippen molar-refractivity contribution in [2.24, 2.45) is 13.0 Å². The number of likely N-dealkylation sites (tertiary alicyclic amines) is 1. The molecule has 1 aromatic carbocycles. The van der Waals surface area contributed by atoms with Gasteiger partial charge in [-0.2, -0.15) is 0 Å². The first-order chi connectivity index (χ1) is 11.5. The summed E-state index contributed by atoms with van der Waals surface area (Å²) in [6.07, 6.45) is 0.296. The first-order valence-electron chi connectivity index (χ1n) is 8.25. The Morgan fingerprint density at radius 2 is 1.96 bits per heavy atom. The molecule has 1 N–H and O–H groups in total. The highest BCUT2D eigenvalue weighted by molar-refractivity contribution is 5.89. The van der Waals surface area contributed by atoms with Gasteiger partial charge in [0.25, 0.3) is 0 Å². The van der Waals surface area contributed by atoms with Crippen LogP contribution in [0.15, 0.2) is 42.5 Å². The van der Waals surface area contributed by atoms with E-state index in [9.17, 15) is 9.59 Å². The molecule has 3 rings (SSSR count). The summed E-state index contributed by atoms with van der Waals surface area (Å²) in [5, 5.41) is 2.96. The largest absolute Gasteiger partial charge is 0.350 e. The first-order valence-corrected chi connectivity index (χ1v) is 8.25. The SMILES string of the molecule is Cc1ccc(CNC(=O)C2CC(=O)N(Cc3ccccc3)C2)n1C. The molecule has 0 bridgehead atoms. The van der Waals surface area contributed by atoms with Crippen molar-refractivity contribution in [3.8, 4) is 0 Å². The third-order valence-corrected chi connectivity index (χ3v) is 4.72. The van der Waals surface area contributed by atoms with Crippen LogP contribution in [0.5, 0.6) is 0 Å². The Kier molecular flexibility index (Phi) is 4.69. The first kappa shape index (κ1) is 16.3. The molecule has 5 nitrogen and oxygen atoms in total. The minimum Gasteiger partial charge on any atom is -0.350 e. The highest BCUT2D eigenvalue weighted by atomic mass is 16.2. The lowest BCUT2D eigenvalue weighted by molar-refractivity contribution is -0.129. The van der Waals surface area contributed by atoms with Gasteiger partial charge in [-0.25, -0.2) is 0 Å². The second-order valence-electron chi connectivity index (χ2n) is 6.40. The van der Waals surface area contributed by atoms with Gasteiger partial charge in [-0.1, -0.05) is 30.3 Å². The zero-order valence-electron chi connectivity index (χ0n) is 14.2. The van der Waals surface area contributed by atoms with Crippen molar-refractivity contribution in [2.45, 2.75) is 26.4 Å². The maximum Gasteiger partial charge on any atom is 0.225 e. The summed E-state index contributed by atoms with van der Waals surface area (Å²) in [6, 6.07) is 13.9. The van der Waals surface area contributed by atoms with Gasteiger partial charge in [0.05, 0.1) is 12.5 Å². The Hall–Kier alpha value is -2.56. The molecule has 1 fully saturated rings. The number of hydrogen-bond donors (Lipinski definition) is 1. The Labute approximate surface area is 142 Å². The van der Waals surface area contributed by atoms with Gasteiger partial charge >= 0.3 is 0 Å². The average molecular weight is 325 g/mol. The van der Waals surface area contributed by atoms with Crippen LogP contribution in [0.2, 0.25) is 0 Å². The van der Waals surface area contributed by atoms with Crippen LogP contribution in [0.4, 0.5) is 0 Å². The van der Waals surface area contributed by atoms with E-state index >= 15 is 0 Å². The molecule has 5 heteroatoms. The van der Waals surface area contributed by atoms with E-state index in [1.807, 2.05) is 56.4 Å². The number of carbonyl (C=O) groups is 2. The van der Waals surface area contributed by atoms with Crippen LogP contribution < -0.4 is 5.32 Å². The number of aryl methyl sites for hydroxylation is 1. The maximum atomic E-state index is 12.4. The zero-order chi connectivity index (χ0) is 17.1. The van der Waals surface area contributed by atoms with Gasteiger partial charge in [0.1, 0.15) is 0 Å². The quantitative estimate of drug-likeness (QED) is 0.914. The monoisotopic (exact) mass is 325 g/mol. The molecule has 1 atom stereocenters. The van der Waals surface area contributed by atoms with Gasteiger partial charge in [-0.05, 0) is 24.6 Å². The number of nitrogens with zero attached hydrogens (tertiary/aromatic N) is 2. The van der Waals surface area contributed by atoms with E-state index < -0.39 is 0 Å². The maximum absolute atomic E-state index is 12.4. The lowest BCUT2D eigenvalue weighted by Gasteiger charge is -2.16. The number of aromatic nitrogens is 1. The molecule has 2 amide bonds. The van der Waals surface area contributed by atoms with Crippen molar-refractivity contribution in [1.82, 2.24) is 14.8 Å². The van der Waals surface area contributed by atoms with Gasteiger partial charge in [0.15, 0.2) is 0 Å². The summed E-state index contributed by atoms with van der Waals surface area (Å²) < 4.78 is 2.06. The minimum absolute atomic E-state index is 0.0437. The van der Waals surface area contributed by atoms with Crippen molar-refractivity contribution in [2.75, 3.05) is 6.54 Å². The standard InChI is InChI=1S/C19H23N3O2/c1-14-8-9-17(21(14)2)11-20-19(24)16-10-18(23)22(13-16)12-15-6-4-3-5-7-15/h3-9,16H,10-13H2,1-2H3,(H,20,24). The minimum atomic E-state index is -0.262. The molecule has 0 radical (unpaired) electrons. The molecule has 1 aliphatic heterocycles. The van der Waals surface area contributed by atoms with Crippen LogP contribution in [0.1, 0.15) is 23.4 Å². The fraction of sp³-hybridized carbons (Fsp3) is 0.368. The van der Waals surface area contributed by atoms with Crippen LogP contribution in [0.25, 0.3) is 0 Å². The summed E-state index contributed by atoms with van der Waals surface area (Å²) in [5.74, 6) is -0.256. The molecule has 2 heterocycles. The predicted octanol–water partition coefficient (Wildman–Crippen LogP) is 2.00. The summed E-state index contributed by atoms with van der Waals surface area (Å²) in [6.45, 7) is 3.58. The van der Waals surface area contributed by atoms with E-state index in [-0.39, 0.29) is 17.7 Å². The molecule has 0 saturated carbocycles. The molecular weight excluding hydrogens is 302 g/mol. The number of hydrogen-bond acceptors (Lipinski definition) is 2. The van der Waals surface area contributed by atoms with E-state index in [0.29, 0.717) is 26.1 Å². The van der Waals surface area contributed by atoms with Crippen molar-refractivity contribution < 1.29 is 9.59 Å². The van der Waals surface area contributed by atoms with E-state index in [4.69, 9.17) is 0 Å². The van der Waals surface area contributed by atoms with Crippen LogP contribution in [-0.2, 0) is 29.7 Å². The van der Waals surface area contributed by atoms with Crippen molar-refractivity contribution in [1.29, 1.82) is 0 Å². The molecule has 24 heavy (non-hydrogen) atoms. The van der Waals surface area contributed by atoms with Gasteiger partial charge < -0.3 is 14.8 Å². The third-order valence-electron chi connectivity index (χ3n) is 4.72. The van der Waals surface area contributed by atoms with E-state index in [2.05, 4.69) is 9.88 Å². The lowest BCUT2D eigenvalue weighted by Crippen LogP contribution is -2.33. The van der Waals surface area contributed by atoms with Crippen LogP contribution >= 0.6 is 0 Å². The van der Waals surface area contributed by atoms with Gasteiger partial charge in [-0.3, -0.25) is 9.59 Å². The van der Waals surface area contributed by atoms with Crippen LogP contribution in [0.3, 0.4) is 0 Å². The summed E-state index contributed by atoms with van der Waals surface area (Å²) in [5.41, 5.74) is 3.31. The fourth-order valence-electron chi connectivity index (χ4n) is 3.07. The number of amides is 2. The van der Waals surface area contributed by atoms with E-state index in [0.717, 1.165) is 17.0 Å². The molecule has 1 aliphatic rings. The van der Waals surface area contributed by atoms with Gasteiger partial charge in [0.2, 0.25) is 11.8 Å². The number of benzene rings is 1. The Morgan fingerprint density at radius 3 is 2.62 bits per heavy atom. The highest BCUT2D eigenvalue weighted by Gasteiger charge is 2.34. The van der Waals surface area contributed by atoms with Crippen molar-refractivity contribution in [3.63, 3.8) is 0 Å². The molecular formula is C19H23N3O2. The second kappa shape index (κ2) is 6.91. The lowest BCUT2D eigenvalue weighted by atomic mass is 10.1. The number of rotatable bonds is 5. The topological polar surface area (TPSA) is 54.3 Å². The van der Waals surface area contributed by atoms with Crippen molar-refractivity contribution in [3.05, 3.63) is 59.4 Å². The Morgan fingerprint density at radius 1 is 1.21 bits per heavy atom. The summed E-state index contributed by atoms with van der Waals surface area (Å²) >= 11 is 0. The summed E-state index contributed by atoms with van der Waals surface area (Å²) in [4.78, 5) is 26.3. The predicted molar refractivity (Wildman–Crippen MR) is 92.0 cm³/mol. The molecule has 1 aromatic heterocycles. The second-order valence-corrected chi connectivity index (χ2v) is 6.40. The molecule has 1 saturated heterocycles. The van der Waals surface area contributed by atoms with Crippen LogP contribution in [-0.4, -0.2) is 27.8 Å². The number of carbonyl (C=O) groups excluding carboxylic acids is 2. The zero-order valence-corrected chi connectivity index (χ0v) is 14.2. The van der Waals surface area contributed by atoms with Crippen LogP contribution in [0, 0.1) is 12.8 Å². The normalized spacial score (nSPS) is 17.3. The summed E-state index contributed by atoms with van der Waals surface area (Å²) in [7, 11) is 1.98. The van der Waals surface area contributed by atoms with E-state index in [1.54, 1.807) is 4.90 Å². The Bertz CT molecular complexity index is 736. The molecule has 0 aliphatic carbocycles. The third kappa shape index (κ3) is 3.50.